The molecule has 1 aliphatic rings. The molecule has 0 saturated carbocycles. The normalized spacial score (nSPS) is 18.6. The molecule has 1 fully saturated rings. The van der Waals surface area contributed by atoms with E-state index in [0.29, 0.717) is 6.42 Å². The highest BCUT2D eigenvalue weighted by atomic mass is 16.4. The molecule has 0 radical (unpaired) electrons. The Morgan fingerprint density at radius 2 is 1.94 bits per heavy atom. The van der Waals surface area contributed by atoms with E-state index < -0.39 is 12.0 Å². The maximum atomic E-state index is 11.8. The zero-order valence-corrected chi connectivity index (χ0v) is 11.1. The molecule has 1 saturated heterocycles. The van der Waals surface area contributed by atoms with Gasteiger partial charge in [-0.15, -0.1) is 0 Å². The molecule has 0 aromatic heterocycles. The van der Waals surface area contributed by atoms with Crippen LogP contribution in [0.25, 0.3) is 0 Å². The largest absolute Gasteiger partial charge is 0.480 e. The van der Waals surface area contributed by atoms with Gasteiger partial charge < -0.3 is 15.7 Å². The van der Waals surface area contributed by atoms with Gasteiger partial charge in [-0.05, 0) is 12.3 Å². The summed E-state index contributed by atoms with van der Waals surface area (Å²) in [5.41, 5.74) is 0. The maximum Gasteiger partial charge on any atom is 0.326 e. The Labute approximate surface area is 108 Å². The van der Waals surface area contributed by atoms with Crippen molar-refractivity contribution in [1.29, 1.82) is 0 Å². The van der Waals surface area contributed by atoms with Gasteiger partial charge in [0, 0.05) is 26.2 Å². The standard InChI is InChI=1S/C12H23N3O3/c1-9(2)7-10(12(17)18)14-11(16)8-15-5-3-13-4-6-15/h9-10,13H,3-8H2,1-2H3,(H,14,16)(H,17,18)/t10-/m1/s1. The van der Waals surface area contributed by atoms with Crippen LogP contribution >= 0.6 is 0 Å². The van der Waals surface area contributed by atoms with E-state index in [2.05, 4.69) is 10.6 Å². The van der Waals surface area contributed by atoms with Gasteiger partial charge >= 0.3 is 5.97 Å². The number of piperazine rings is 1. The highest BCUT2D eigenvalue weighted by molar-refractivity contribution is 5.84. The monoisotopic (exact) mass is 257 g/mol. The number of hydrogen-bond donors (Lipinski definition) is 3. The number of carbonyl (C=O) groups is 2. The fourth-order valence-corrected chi connectivity index (χ4v) is 2.01. The van der Waals surface area contributed by atoms with Crippen LogP contribution in [0.1, 0.15) is 20.3 Å². The fourth-order valence-electron chi connectivity index (χ4n) is 2.01. The maximum absolute atomic E-state index is 11.8. The first-order valence-corrected chi connectivity index (χ1v) is 6.44. The minimum absolute atomic E-state index is 0.204. The number of nitrogens with zero attached hydrogens (tertiary/aromatic N) is 1. The van der Waals surface area contributed by atoms with Crippen LogP contribution in [-0.4, -0.2) is 60.6 Å². The van der Waals surface area contributed by atoms with Crippen LogP contribution in [0.15, 0.2) is 0 Å². The van der Waals surface area contributed by atoms with Crippen LogP contribution in [-0.2, 0) is 9.59 Å². The predicted molar refractivity (Wildman–Crippen MR) is 68.3 cm³/mol. The summed E-state index contributed by atoms with van der Waals surface area (Å²) in [6.07, 6.45) is 0.461. The van der Waals surface area contributed by atoms with Crippen LogP contribution in [0.2, 0.25) is 0 Å². The second-order valence-electron chi connectivity index (χ2n) is 5.11. The van der Waals surface area contributed by atoms with E-state index in [9.17, 15) is 9.59 Å². The van der Waals surface area contributed by atoms with Gasteiger partial charge in [-0.1, -0.05) is 13.8 Å². The first kappa shape index (κ1) is 14.9. The highest BCUT2D eigenvalue weighted by Crippen LogP contribution is 2.05. The van der Waals surface area contributed by atoms with Crippen molar-refractivity contribution in [3.63, 3.8) is 0 Å². The Morgan fingerprint density at radius 3 is 2.44 bits per heavy atom. The van der Waals surface area contributed by atoms with Gasteiger partial charge in [-0.3, -0.25) is 9.69 Å². The van der Waals surface area contributed by atoms with Crippen LogP contribution in [0.3, 0.4) is 0 Å². The zero-order chi connectivity index (χ0) is 13.5. The molecule has 1 heterocycles. The summed E-state index contributed by atoms with van der Waals surface area (Å²) in [6, 6.07) is -0.777. The number of amides is 1. The lowest BCUT2D eigenvalue weighted by Crippen LogP contribution is -2.50. The summed E-state index contributed by atoms with van der Waals surface area (Å²) < 4.78 is 0. The topological polar surface area (TPSA) is 81.7 Å². The summed E-state index contributed by atoms with van der Waals surface area (Å²) in [6.45, 7) is 7.58. The van der Waals surface area contributed by atoms with E-state index in [1.54, 1.807) is 0 Å². The Kier molecular flexibility index (Phi) is 6.07. The Morgan fingerprint density at radius 1 is 1.33 bits per heavy atom. The Hall–Kier alpha value is -1.14. The number of aliphatic carboxylic acids is 1. The van der Waals surface area contributed by atoms with Gasteiger partial charge in [0.1, 0.15) is 6.04 Å². The number of carbonyl (C=O) groups excluding carboxylic acids is 1. The molecule has 0 spiro atoms. The van der Waals surface area contributed by atoms with Gasteiger partial charge in [0.05, 0.1) is 6.54 Å². The number of carboxylic acids is 1. The fraction of sp³-hybridized carbons (Fsp3) is 0.833. The molecule has 18 heavy (non-hydrogen) atoms. The van der Waals surface area contributed by atoms with Crippen LogP contribution in [0.5, 0.6) is 0 Å². The van der Waals surface area contributed by atoms with Crippen molar-refractivity contribution < 1.29 is 14.7 Å². The lowest BCUT2D eigenvalue weighted by molar-refractivity contribution is -0.142. The molecule has 0 unspecified atom stereocenters. The summed E-state index contributed by atoms with van der Waals surface area (Å²) in [4.78, 5) is 24.8. The van der Waals surface area contributed by atoms with Gasteiger partial charge in [0.25, 0.3) is 0 Å². The Balaban J connectivity index is 2.37. The third kappa shape index (κ3) is 5.46. The summed E-state index contributed by atoms with van der Waals surface area (Å²) in [5.74, 6) is -0.923. The van der Waals surface area contributed by atoms with Crippen molar-refractivity contribution in [3.8, 4) is 0 Å². The quantitative estimate of drug-likeness (QED) is 0.598. The number of rotatable bonds is 6. The second-order valence-corrected chi connectivity index (χ2v) is 5.11. The van der Waals surface area contributed by atoms with E-state index in [-0.39, 0.29) is 18.4 Å². The number of carboxylic acid groups (broad SMARTS) is 1. The summed E-state index contributed by atoms with van der Waals surface area (Å²) in [7, 11) is 0. The summed E-state index contributed by atoms with van der Waals surface area (Å²) in [5, 5.41) is 14.8. The lowest BCUT2D eigenvalue weighted by atomic mass is 10.0. The molecule has 1 amide bonds. The molecule has 6 nitrogen and oxygen atoms in total. The molecule has 0 aromatic rings. The number of hydrogen-bond acceptors (Lipinski definition) is 4. The van der Waals surface area contributed by atoms with Crippen LogP contribution < -0.4 is 10.6 Å². The van der Waals surface area contributed by atoms with Gasteiger partial charge in [-0.25, -0.2) is 4.79 Å². The van der Waals surface area contributed by atoms with E-state index in [1.807, 2.05) is 18.7 Å². The second kappa shape index (κ2) is 7.33. The molecule has 104 valence electrons. The predicted octanol–water partition coefficient (Wildman–Crippen LogP) is -0.493. The molecule has 0 bridgehead atoms. The molecule has 1 aliphatic heterocycles. The smallest absolute Gasteiger partial charge is 0.326 e. The van der Waals surface area contributed by atoms with Crippen molar-refractivity contribution in [3.05, 3.63) is 0 Å². The molecule has 3 N–H and O–H groups in total. The molecule has 1 atom stereocenters. The van der Waals surface area contributed by atoms with E-state index in [4.69, 9.17) is 5.11 Å². The van der Waals surface area contributed by atoms with Crippen molar-refractivity contribution in [2.75, 3.05) is 32.7 Å². The highest BCUT2D eigenvalue weighted by Gasteiger charge is 2.22. The van der Waals surface area contributed by atoms with Gasteiger partial charge in [0.2, 0.25) is 5.91 Å². The third-order valence-corrected chi connectivity index (χ3v) is 2.92. The summed E-state index contributed by atoms with van der Waals surface area (Å²) >= 11 is 0. The van der Waals surface area contributed by atoms with E-state index in [1.165, 1.54) is 0 Å². The average Bonchev–Trinajstić information content (AvgIpc) is 2.28. The SMILES string of the molecule is CC(C)C[C@@H](NC(=O)CN1CCNCC1)C(=O)O. The first-order chi connectivity index (χ1) is 8.49. The van der Waals surface area contributed by atoms with Gasteiger partial charge in [0.15, 0.2) is 0 Å². The van der Waals surface area contributed by atoms with Crippen LogP contribution in [0, 0.1) is 5.92 Å². The van der Waals surface area contributed by atoms with Crippen molar-refractivity contribution >= 4 is 11.9 Å². The molecule has 0 aliphatic carbocycles. The molecular weight excluding hydrogens is 234 g/mol. The molecule has 0 aromatic carbocycles. The third-order valence-electron chi connectivity index (χ3n) is 2.92. The minimum atomic E-state index is -0.961. The van der Waals surface area contributed by atoms with Gasteiger partial charge in [-0.2, -0.15) is 0 Å². The first-order valence-electron chi connectivity index (χ1n) is 6.44. The lowest BCUT2D eigenvalue weighted by Gasteiger charge is -2.27. The van der Waals surface area contributed by atoms with E-state index >= 15 is 0 Å². The molecular formula is C12H23N3O3. The number of nitrogens with one attached hydrogen (secondary N) is 2. The van der Waals surface area contributed by atoms with Crippen molar-refractivity contribution in [1.82, 2.24) is 15.5 Å². The van der Waals surface area contributed by atoms with Crippen molar-refractivity contribution in [2.24, 2.45) is 5.92 Å². The average molecular weight is 257 g/mol. The van der Waals surface area contributed by atoms with Crippen LogP contribution in [0.4, 0.5) is 0 Å². The zero-order valence-electron chi connectivity index (χ0n) is 11.1. The molecule has 1 rings (SSSR count). The van der Waals surface area contributed by atoms with E-state index in [0.717, 1.165) is 26.2 Å². The minimum Gasteiger partial charge on any atom is -0.480 e. The Bertz CT molecular complexity index is 288. The van der Waals surface area contributed by atoms with Crippen molar-refractivity contribution in [2.45, 2.75) is 26.3 Å². The molecule has 6 heteroatoms.